The first-order valence-electron chi connectivity index (χ1n) is 15.1. The van der Waals surface area contributed by atoms with Gasteiger partial charge >= 0.3 is 5.97 Å². The molecule has 6 unspecified atom stereocenters. The fourth-order valence-corrected chi connectivity index (χ4v) is 5.65. The zero-order chi connectivity index (χ0) is 35.0. The van der Waals surface area contributed by atoms with Gasteiger partial charge in [-0.2, -0.15) is 0 Å². The number of hydrogen-bond donors (Lipinski definition) is 6. The van der Waals surface area contributed by atoms with Gasteiger partial charge in [0.2, 0.25) is 12.0 Å². The molecule has 2 aromatic carbocycles. The Morgan fingerprint density at radius 3 is 2.31 bits per heavy atom. The summed E-state index contributed by atoms with van der Waals surface area (Å²) < 4.78 is 40.3. The van der Waals surface area contributed by atoms with Gasteiger partial charge in [0.15, 0.2) is 23.0 Å². The maximum absolute atomic E-state index is 12.5. The minimum atomic E-state index is -1.78. The number of phenols is 2. The number of ether oxygens (including phenoxy) is 7. The third-order valence-corrected chi connectivity index (χ3v) is 8.10. The summed E-state index contributed by atoms with van der Waals surface area (Å²) in [6.45, 7) is 1.18. The van der Waals surface area contributed by atoms with Gasteiger partial charge in [-0.15, -0.1) is 0 Å². The van der Waals surface area contributed by atoms with E-state index in [0.717, 1.165) is 6.08 Å². The molecule has 0 spiro atoms. The molecule has 2 aromatic rings. The summed E-state index contributed by atoms with van der Waals surface area (Å²) in [6.07, 6.45) is -1.84. The van der Waals surface area contributed by atoms with E-state index in [1.165, 1.54) is 56.7 Å². The Hall–Kier alpha value is -5.41. The molecule has 6 N–H and O–H groups in total. The summed E-state index contributed by atoms with van der Waals surface area (Å²) in [4.78, 5) is 12.5. The molecular weight excluding hydrogens is 644 g/mol. The van der Waals surface area contributed by atoms with E-state index in [1.54, 1.807) is 25.1 Å². The highest BCUT2D eigenvalue weighted by Crippen LogP contribution is 2.48. The summed E-state index contributed by atoms with van der Waals surface area (Å²) in [5.74, 6) is -0.318. The van der Waals surface area contributed by atoms with Gasteiger partial charge in [0.05, 0.1) is 25.6 Å². The van der Waals surface area contributed by atoms with Crippen LogP contribution in [0.15, 0.2) is 94.9 Å². The van der Waals surface area contributed by atoms with E-state index in [4.69, 9.17) is 33.2 Å². The van der Waals surface area contributed by atoms with Crippen LogP contribution in [-0.4, -0.2) is 94.2 Å². The first kappa shape index (κ1) is 33.5. The average Bonchev–Trinajstić information content (AvgIpc) is 3.08. The molecule has 14 nitrogen and oxygen atoms in total. The number of aromatic hydroxyl groups is 2. The van der Waals surface area contributed by atoms with Gasteiger partial charge in [0.25, 0.3) is 0 Å². The predicted octanol–water partition coefficient (Wildman–Crippen LogP) is 2.83. The fourth-order valence-electron chi connectivity index (χ4n) is 5.65. The molecule has 0 bridgehead atoms. The Morgan fingerprint density at radius 2 is 1.63 bits per heavy atom. The van der Waals surface area contributed by atoms with Crippen LogP contribution in [0.25, 0.3) is 11.8 Å². The van der Waals surface area contributed by atoms with Crippen LogP contribution in [0.5, 0.6) is 23.0 Å². The van der Waals surface area contributed by atoms with Crippen molar-refractivity contribution in [1.82, 2.24) is 0 Å². The number of aliphatic hydroxyl groups is 4. The van der Waals surface area contributed by atoms with Crippen molar-refractivity contribution in [2.24, 2.45) is 0 Å². The van der Waals surface area contributed by atoms with Gasteiger partial charge in [0.1, 0.15) is 54.4 Å². The third-order valence-electron chi connectivity index (χ3n) is 8.10. The van der Waals surface area contributed by atoms with Crippen molar-refractivity contribution in [2.45, 2.75) is 43.7 Å². The standard InChI is InChI=1S/C35H34O14/c1-16-10-21-28-22(46-16)13-20(37)14-23(28)47-33(18-11-24(43-2)29(39)25(12-18)44-3)34(21)49-35-32(42)31(41)30(40)26(48-35)15-45-27(38)9-6-17-4-7-19(36)8-5-17/h4-14,22,26,30-32,35-37,39-42H,15H2,1-3H3. The Labute approximate surface area is 279 Å². The molecule has 6 rings (SSSR count). The number of hydrogen-bond acceptors (Lipinski definition) is 14. The van der Waals surface area contributed by atoms with Crippen LogP contribution in [0, 0.1) is 0 Å². The molecule has 3 aliphatic heterocycles. The van der Waals surface area contributed by atoms with Crippen molar-refractivity contribution in [2.75, 3.05) is 20.8 Å². The van der Waals surface area contributed by atoms with Crippen LogP contribution in [0.4, 0.5) is 0 Å². The van der Waals surface area contributed by atoms with Crippen LogP contribution in [-0.2, 0) is 28.5 Å². The Bertz CT molecular complexity index is 1790. The molecule has 49 heavy (non-hydrogen) atoms. The van der Waals surface area contributed by atoms with Crippen LogP contribution < -0.4 is 9.47 Å². The van der Waals surface area contributed by atoms with Crippen molar-refractivity contribution in [1.29, 1.82) is 0 Å². The summed E-state index contributed by atoms with van der Waals surface area (Å²) in [5.41, 5.74) is 1.82. The maximum Gasteiger partial charge on any atom is 0.330 e. The molecule has 6 atom stereocenters. The lowest BCUT2D eigenvalue weighted by atomic mass is 9.89. The number of carbonyl (C=O) groups is 1. The molecule has 258 valence electrons. The maximum atomic E-state index is 12.5. The lowest BCUT2D eigenvalue weighted by molar-refractivity contribution is -0.291. The second kappa shape index (κ2) is 13.6. The van der Waals surface area contributed by atoms with Gasteiger partial charge in [0, 0.05) is 29.4 Å². The highest BCUT2D eigenvalue weighted by Gasteiger charge is 2.47. The topological polar surface area (TPSA) is 203 Å². The van der Waals surface area contributed by atoms with E-state index < -0.39 is 49.4 Å². The van der Waals surface area contributed by atoms with E-state index >= 15 is 0 Å². The third kappa shape index (κ3) is 6.67. The van der Waals surface area contributed by atoms with Gasteiger partial charge in [-0.3, -0.25) is 0 Å². The van der Waals surface area contributed by atoms with E-state index in [-0.39, 0.29) is 51.6 Å². The largest absolute Gasteiger partial charge is 0.508 e. The van der Waals surface area contributed by atoms with E-state index in [9.17, 15) is 35.4 Å². The molecule has 0 aromatic heterocycles. The number of rotatable bonds is 9. The molecule has 3 heterocycles. The number of phenolic OH excluding ortho intramolecular Hbond substituents is 2. The summed E-state index contributed by atoms with van der Waals surface area (Å²) in [7, 11) is 2.70. The number of allylic oxidation sites excluding steroid dienone is 3. The average molecular weight is 679 g/mol. The second-order valence-electron chi connectivity index (χ2n) is 11.4. The van der Waals surface area contributed by atoms with E-state index in [2.05, 4.69) is 0 Å². The van der Waals surface area contributed by atoms with Crippen LogP contribution >= 0.6 is 0 Å². The highest BCUT2D eigenvalue weighted by atomic mass is 16.7. The first-order valence-corrected chi connectivity index (χ1v) is 15.1. The minimum absolute atomic E-state index is 0.00426. The quantitative estimate of drug-likeness (QED) is 0.167. The summed E-state index contributed by atoms with van der Waals surface area (Å²) >= 11 is 0. The van der Waals surface area contributed by atoms with Gasteiger partial charge in [-0.25, -0.2) is 4.79 Å². The lowest BCUT2D eigenvalue weighted by Crippen LogP contribution is -2.59. The normalized spacial score (nSPS) is 26.1. The first-order chi connectivity index (χ1) is 23.5. The molecule has 1 fully saturated rings. The monoisotopic (exact) mass is 678 g/mol. The number of methoxy groups -OCH3 is 2. The zero-order valence-corrected chi connectivity index (χ0v) is 26.5. The van der Waals surface area contributed by atoms with Crippen molar-refractivity contribution in [3.63, 3.8) is 0 Å². The zero-order valence-electron chi connectivity index (χ0n) is 26.5. The molecule has 0 saturated carbocycles. The second-order valence-corrected chi connectivity index (χ2v) is 11.4. The highest BCUT2D eigenvalue weighted by molar-refractivity contribution is 5.87. The summed E-state index contributed by atoms with van der Waals surface area (Å²) in [5, 5.41) is 63.0. The number of carbonyl (C=O) groups excluding carboxylic acids is 1. The predicted molar refractivity (Wildman–Crippen MR) is 170 cm³/mol. The van der Waals surface area contributed by atoms with E-state index in [1.807, 2.05) is 0 Å². The van der Waals surface area contributed by atoms with E-state index in [0.29, 0.717) is 22.5 Å². The fraction of sp³-hybridized carbons (Fsp3) is 0.286. The van der Waals surface area contributed by atoms with Crippen molar-refractivity contribution in [3.05, 3.63) is 106 Å². The Balaban J connectivity index is 1.33. The minimum Gasteiger partial charge on any atom is -0.508 e. The van der Waals surface area contributed by atoms with Crippen LogP contribution in [0.1, 0.15) is 18.1 Å². The summed E-state index contributed by atoms with van der Waals surface area (Å²) in [6, 6.07) is 9.01. The van der Waals surface area contributed by atoms with Gasteiger partial charge in [-0.1, -0.05) is 12.1 Å². The van der Waals surface area contributed by atoms with Crippen molar-refractivity contribution >= 4 is 17.8 Å². The van der Waals surface area contributed by atoms with Gasteiger partial charge in [-0.05, 0) is 48.9 Å². The lowest BCUT2D eigenvalue weighted by Gasteiger charge is -2.41. The number of aliphatic hydroxyl groups excluding tert-OH is 4. The van der Waals surface area contributed by atoms with Crippen molar-refractivity contribution in [3.8, 4) is 23.0 Å². The Kier molecular flexibility index (Phi) is 9.30. The molecule has 0 radical (unpaired) electrons. The molecule has 1 saturated heterocycles. The SMILES string of the molecule is COc1cc(C2=C(OC3OC(COC(=O)C=Cc4ccc(O)cc4)C(O)C(O)C3O)C3=C4C(=CC(O)=CC4OC(C)=C3)O2)cc(OC)c1O. The number of benzene rings is 2. The molecular formula is C35H34O14. The van der Waals surface area contributed by atoms with Gasteiger partial charge < -0.3 is 63.8 Å². The Morgan fingerprint density at radius 1 is 0.939 bits per heavy atom. The molecule has 1 aliphatic carbocycles. The van der Waals surface area contributed by atoms with Crippen molar-refractivity contribution < 1.29 is 68.6 Å². The van der Waals surface area contributed by atoms with Crippen LogP contribution in [0.2, 0.25) is 0 Å². The smallest absolute Gasteiger partial charge is 0.330 e. The molecule has 0 amide bonds. The van der Waals surface area contributed by atoms with Crippen LogP contribution in [0.3, 0.4) is 0 Å². The number of esters is 1. The molecule has 4 aliphatic rings. The molecule has 14 heteroatoms.